The van der Waals surface area contributed by atoms with Gasteiger partial charge in [0.05, 0.1) is 12.8 Å². The van der Waals surface area contributed by atoms with Crippen molar-refractivity contribution in [3.63, 3.8) is 0 Å². The topological polar surface area (TPSA) is 224 Å². The van der Waals surface area contributed by atoms with Crippen LogP contribution in [0.3, 0.4) is 0 Å². The summed E-state index contributed by atoms with van der Waals surface area (Å²) >= 11 is 0. The highest BCUT2D eigenvalue weighted by atomic mass is 16.4. The Balaban J connectivity index is -0.0000000657. The van der Waals surface area contributed by atoms with Crippen molar-refractivity contribution in [3.05, 3.63) is 0 Å². The zero-order valence-corrected chi connectivity index (χ0v) is 13.5. The SMILES string of the molecule is CC(=O)O.CC(=O)O.CC(=O)O.CC(=O)O.O=C(O)CCC(=O)O. The van der Waals surface area contributed by atoms with E-state index >= 15 is 0 Å². The lowest BCUT2D eigenvalue weighted by Crippen LogP contribution is -2.00. The first-order chi connectivity index (χ1) is 10.6. The van der Waals surface area contributed by atoms with Gasteiger partial charge in [0, 0.05) is 27.7 Å². The molecule has 6 N–H and O–H groups in total. The Morgan fingerprint density at radius 3 is 0.583 bits per heavy atom. The zero-order valence-electron chi connectivity index (χ0n) is 13.5. The molecule has 0 unspecified atom stereocenters. The second kappa shape index (κ2) is 24.8. The fourth-order valence-electron chi connectivity index (χ4n) is 0.214. The molecular weight excluding hydrogens is 336 g/mol. The molecule has 0 aliphatic heterocycles. The summed E-state index contributed by atoms with van der Waals surface area (Å²) in [7, 11) is 0. The average molecular weight is 358 g/mol. The van der Waals surface area contributed by atoms with Gasteiger partial charge in [0.15, 0.2) is 0 Å². The van der Waals surface area contributed by atoms with Crippen molar-refractivity contribution in [3.8, 4) is 0 Å². The quantitative estimate of drug-likeness (QED) is 0.400. The van der Waals surface area contributed by atoms with Gasteiger partial charge < -0.3 is 30.6 Å². The molecule has 0 aromatic carbocycles. The van der Waals surface area contributed by atoms with E-state index in [9.17, 15) is 9.59 Å². The largest absolute Gasteiger partial charge is 0.481 e. The number of hydrogen-bond donors (Lipinski definition) is 6. The summed E-state index contributed by atoms with van der Waals surface area (Å²) in [5, 5.41) is 45.5. The van der Waals surface area contributed by atoms with Crippen LogP contribution in [0.25, 0.3) is 0 Å². The highest BCUT2D eigenvalue weighted by Crippen LogP contribution is 1.86. The fourth-order valence-corrected chi connectivity index (χ4v) is 0.214. The Morgan fingerprint density at radius 2 is 0.542 bits per heavy atom. The van der Waals surface area contributed by atoms with E-state index in [4.69, 9.17) is 49.8 Å². The van der Waals surface area contributed by atoms with E-state index in [1.807, 2.05) is 0 Å². The van der Waals surface area contributed by atoms with Crippen LogP contribution in [0.4, 0.5) is 0 Å². The molecule has 0 aliphatic rings. The van der Waals surface area contributed by atoms with E-state index in [0.29, 0.717) is 0 Å². The van der Waals surface area contributed by atoms with Crippen LogP contribution < -0.4 is 0 Å². The monoisotopic (exact) mass is 358 g/mol. The van der Waals surface area contributed by atoms with Gasteiger partial charge >= 0.3 is 11.9 Å². The second-order valence-electron chi connectivity index (χ2n) is 3.36. The minimum absolute atomic E-state index is 0.296. The zero-order chi connectivity index (χ0) is 20.9. The first kappa shape index (κ1) is 32.7. The van der Waals surface area contributed by atoms with E-state index < -0.39 is 35.8 Å². The summed E-state index contributed by atoms with van der Waals surface area (Å²) < 4.78 is 0. The van der Waals surface area contributed by atoms with Crippen LogP contribution in [-0.2, 0) is 28.8 Å². The molecule has 0 radical (unpaired) electrons. The molecule has 0 saturated heterocycles. The smallest absolute Gasteiger partial charge is 0.303 e. The molecule has 142 valence electrons. The Bertz CT molecular complexity index is 321. The van der Waals surface area contributed by atoms with Gasteiger partial charge in [-0.25, -0.2) is 0 Å². The Hall–Kier alpha value is -3.18. The normalized spacial score (nSPS) is 7.00. The van der Waals surface area contributed by atoms with Crippen LogP contribution in [0.5, 0.6) is 0 Å². The highest BCUT2D eigenvalue weighted by molar-refractivity contribution is 5.75. The first-order valence-corrected chi connectivity index (χ1v) is 5.77. The van der Waals surface area contributed by atoms with Crippen LogP contribution in [0, 0.1) is 0 Å². The summed E-state index contributed by atoms with van der Waals surface area (Å²) in [6.45, 7) is 4.33. The second-order valence-corrected chi connectivity index (χ2v) is 3.36. The summed E-state index contributed by atoms with van der Waals surface area (Å²) in [5.41, 5.74) is 0. The van der Waals surface area contributed by atoms with Crippen LogP contribution in [0.15, 0.2) is 0 Å². The van der Waals surface area contributed by atoms with Gasteiger partial charge in [-0.2, -0.15) is 0 Å². The minimum Gasteiger partial charge on any atom is -0.481 e. The molecule has 0 heterocycles. The van der Waals surface area contributed by atoms with E-state index in [0.717, 1.165) is 27.7 Å². The fraction of sp³-hybridized carbons (Fsp3) is 0.500. The third-order valence-corrected chi connectivity index (χ3v) is 0.553. The maximum Gasteiger partial charge on any atom is 0.303 e. The van der Waals surface area contributed by atoms with Gasteiger partial charge in [-0.3, -0.25) is 28.8 Å². The van der Waals surface area contributed by atoms with Gasteiger partial charge in [-0.15, -0.1) is 0 Å². The van der Waals surface area contributed by atoms with E-state index in [1.54, 1.807) is 0 Å². The van der Waals surface area contributed by atoms with Gasteiger partial charge in [0.2, 0.25) is 0 Å². The molecule has 0 rings (SSSR count). The number of hydrogen-bond acceptors (Lipinski definition) is 6. The molecule has 12 nitrogen and oxygen atoms in total. The molecule has 0 atom stereocenters. The third-order valence-electron chi connectivity index (χ3n) is 0.553. The van der Waals surface area contributed by atoms with E-state index in [-0.39, 0.29) is 12.8 Å². The number of rotatable bonds is 3. The van der Waals surface area contributed by atoms with E-state index in [2.05, 4.69) is 0 Å². The van der Waals surface area contributed by atoms with Gasteiger partial charge in [-0.1, -0.05) is 0 Å². The molecule has 0 aromatic heterocycles. The maximum absolute atomic E-state index is 9.64. The Morgan fingerprint density at radius 1 is 0.458 bits per heavy atom. The molecule has 0 spiro atoms. The number of carboxylic acids is 6. The van der Waals surface area contributed by atoms with Gasteiger partial charge in [-0.05, 0) is 0 Å². The average Bonchev–Trinajstić information content (AvgIpc) is 2.22. The van der Waals surface area contributed by atoms with Crippen molar-refractivity contribution < 1.29 is 59.4 Å². The molecule has 12 heteroatoms. The lowest BCUT2D eigenvalue weighted by molar-refractivity contribution is -0.143. The molecule has 24 heavy (non-hydrogen) atoms. The molecule has 0 fully saturated rings. The number of carboxylic acid groups (broad SMARTS) is 6. The molecule has 0 aromatic rings. The van der Waals surface area contributed by atoms with Crippen LogP contribution >= 0.6 is 0 Å². The summed E-state index contributed by atoms with van der Waals surface area (Å²) in [6, 6.07) is 0. The summed E-state index contributed by atoms with van der Waals surface area (Å²) in [6.07, 6.45) is -0.593. The third kappa shape index (κ3) is 1800. The van der Waals surface area contributed by atoms with Crippen LogP contribution in [0.1, 0.15) is 40.5 Å². The lowest BCUT2D eigenvalue weighted by atomic mass is 10.3. The number of carbonyl (C=O) groups is 6. The first-order valence-electron chi connectivity index (χ1n) is 5.77. The van der Waals surface area contributed by atoms with Crippen molar-refractivity contribution in [2.24, 2.45) is 0 Å². The Kier molecular flexibility index (Phi) is 33.8. The molecule has 0 aliphatic carbocycles. The number of aliphatic carboxylic acids is 6. The molecule has 0 saturated carbocycles. The van der Waals surface area contributed by atoms with Crippen molar-refractivity contribution in [1.82, 2.24) is 0 Å². The molecular formula is C12H22O12. The summed E-state index contributed by atoms with van der Waals surface area (Å²) in [4.78, 5) is 55.3. The van der Waals surface area contributed by atoms with E-state index in [1.165, 1.54) is 0 Å². The predicted molar refractivity (Wildman–Crippen MR) is 77.7 cm³/mol. The molecule has 0 bridgehead atoms. The van der Waals surface area contributed by atoms with Gasteiger partial charge in [0.25, 0.3) is 23.9 Å². The van der Waals surface area contributed by atoms with Gasteiger partial charge in [0.1, 0.15) is 0 Å². The lowest BCUT2D eigenvalue weighted by Gasteiger charge is -1.85. The van der Waals surface area contributed by atoms with Crippen molar-refractivity contribution >= 4 is 35.8 Å². The highest BCUT2D eigenvalue weighted by Gasteiger charge is 2.00. The van der Waals surface area contributed by atoms with Crippen LogP contribution in [0.2, 0.25) is 0 Å². The standard InChI is InChI=1S/C4H6O4.4C2H4O2/c5-3(6)1-2-4(7)8;4*1-2(3)4/h1-2H2,(H,5,6)(H,7,8);4*1H3,(H,3,4). The minimum atomic E-state index is -1.08. The van der Waals surface area contributed by atoms with Crippen LogP contribution in [-0.4, -0.2) is 66.5 Å². The Labute approximate surface area is 137 Å². The molecule has 0 amide bonds. The maximum atomic E-state index is 9.64. The van der Waals surface area contributed by atoms with Crippen molar-refractivity contribution in [1.29, 1.82) is 0 Å². The van der Waals surface area contributed by atoms with Crippen molar-refractivity contribution in [2.75, 3.05) is 0 Å². The predicted octanol–water partition coefficient (Wildman–Crippen LogP) is 0.299. The van der Waals surface area contributed by atoms with Crippen molar-refractivity contribution in [2.45, 2.75) is 40.5 Å². The summed E-state index contributed by atoms with van der Waals surface area (Å²) in [5.74, 6) is -5.49.